The van der Waals surface area contributed by atoms with Crippen LogP contribution in [0.1, 0.15) is 40.0 Å². The Morgan fingerprint density at radius 2 is 1.93 bits per heavy atom. The van der Waals surface area contributed by atoms with Crippen LogP contribution in [0.25, 0.3) is 10.9 Å². The van der Waals surface area contributed by atoms with Crippen molar-refractivity contribution in [2.24, 2.45) is 0 Å². The number of aliphatic hydroxyl groups excluding tert-OH is 2. The summed E-state index contributed by atoms with van der Waals surface area (Å²) in [6.07, 6.45) is 1.77. The van der Waals surface area contributed by atoms with E-state index >= 15 is 0 Å². The fraction of sp³-hybridized carbons (Fsp3) is 0.571. The van der Waals surface area contributed by atoms with Crippen molar-refractivity contribution < 1.29 is 19.7 Å². The van der Waals surface area contributed by atoms with E-state index in [9.17, 15) is 9.90 Å². The first-order chi connectivity index (χ1) is 13.3. The maximum absolute atomic E-state index is 12.4. The number of unbranched alkanes of at least 4 members (excludes halogenated alkanes) is 2. The predicted molar refractivity (Wildman–Crippen MR) is 110 cm³/mol. The first kappa shape index (κ1) is 22.2. The molecular weight excluding hydrogens is 360 g/mol. The first-order valence-corrected chi connectivity index (χ1v) is 9.76. The Labute approximate surface area is 165 Å². The highest BCUT2D eigenvalue weighted by atomic mass is 16.5. The van der Waals surface area contributed by atoms with E-state index in [-0.39, 0.29) is 30.1 Å². The fourth-order valence-corrected chi connectivity index (χ4v) is 2.65. The lowest BCUT2D eigenvalue weighted by molar-refractivity contribution is 0.0994. The van der Waals surface area contributed by atoms with Crippen molar-refractivity contribution in [1.82, 2.24) is 10.3 Å². The van der Waals surface area contributed by atoms with Crippen molar-refractivity contribution in [2.75, 3.05) is 26.4 Å². The molecule has 4 N–H and O–H groups in total. The van der Waals surface area contributed by atoms with Gasteiger partial charge in [0.25, 0.3) is 5.56 Å². The van der Waals surface area contributed by atoms with Crippen molar-refractivity contribution >= 4 is 10.9 Å². The van der Waals surface area contributed by atoms with E-state index < -0.39 is 6.10 Å². The number of nitrogens with one attached hydrogen (secondary N) is 2. The van der Waals surface area contributed by atoms with Crippen LogP contribution in [0.2, 0.25) is 0 Å². The first-order valence-electron chi connectivity index (χ1n) is 9.76. The van der Waals surface area contributed by atoms with Crippen LogP contribution in [0.15, 0.2) is 29.1 Å². The summed E-state index contributed by atoms with van der Waals surface area (Å²) in [6, 6.07) is 7.20. The molecule has 1 aromatic heterocycles. The number of hydrogen-bond donors (Lipinski definition) is 4. The van der Waals surface area contributed by atoms with E-state index in [0.29, 0.717) is 24.4 Å². The third kappa shape index (κ3) is 7.14. The Morgan fingerprint density at radius 1 is 1.14 bits per heavy atom. The molecule has 0 amide bonds. The third-order valence-electron chi connectivity index (χ3n) is 4.17. The van der Waals surface area contributed by atoms with Gasteiger partial charge in [0.15, 0.2) is 5.75 Å². The third-order valence-corrected chi connectivity index (χ3v) is 4.17. The van der Waals surface area contributed by atoms with Gasteiger partial charge < -0.3 is 30.0 Å². The molecular formula is C21H32N2O5. The van der Waals surface area contributed by atoms with Crippen LogP contribution in [0.3, 0.4) is 0 Å². The topological polar surface area (TPSA) is 104 Å². The van der Waals surface area contributed by atoms with E-state index in [2.05, 4.69) is 10.3 Å². The van der Waals surface area contributed by atoms with E-state index in [1.54, 1.807) is 6.07 Å². The highest BCUT2D eigenvalue weighted by molar-refractivity contribution is 5.85. The Hall–Kier alpha value is -2.09. The smallest absolute Gasteiger partial charge is 0.290 e. The molecule has 0 radical (unpaired) electrons. The number of β-amino-alcohol motifs (C(OH)–C–C–N with tert-alkyl or cyclic N) is 1. The molecule has 1 aromatic carbocycles. The summed E-state index contributed by atoms with van der Waals surface area (Å²) in [6.45, 7) is 7.16. The van der Waals surface area contributed by atoms with Gasteiger partial charge in [-0.15, -0.1) is 0 Å². The summed E-state index contributed by atoms with van der Waals surface area (Å²) < 4.78 is 11.3. The number of fused-ring (bicyclic) bond motifs is 1. The molecule has 156 valence electrons. The number of pyridine rings is 1. The van der Waals surface area contributed by atoms with E-state index in [0.717, 1.165) is 24.6 Å². The van der Waals surface area contributed by atoms with Crippen molar-refractivity contribution in [3.8, 4) is 11.5 Å². The molecule has 0 aliphatic carbocycles. The highest BCUT2D eigenvalue weighted by Crippen LogP contribution is 2.25. The number of benzene rings is 1. The minimum absolute atomic E-state index is 0.0265. The molecule has 7 nitrogen and oxygen atoms in total. The Kier molecular flexibility index (Phi) is 8.29. The molecule has 28 heavy (non-hydrogen) atoms. The standard InChI is InChI=1S/C21H32N2O5/c1-21(2,3)22-13-16(25)14-28-18-12-15-8-7-9-17(19(15)23-20(18)26)27-11-6-4-5-10-24/h7-9,12,16,22,24-25H,4-6,10-11,13-14H2,1-3H3,(H,23,26). The summed E-state index contributed by atoms with van der Waals surface area (Å²) >= 11 is 0. The van der Waals surface area contributed by atoms with Crippen LogP contribution in [0.5, 0.6) is 11.5 Å². The van der Waals surface area contributed by atoms with Crippen molar-refractivity contribution in [1.29, 1.82) is 0 Å². The molecule has 0 saturated carbocycles. The number of rotatable bonds is 11. The maximum atomic E-state index is 12.4. The van der Waals surface area contributed by atoms with Gasteiger partial charge in [-0.1, -0.05) is 12.1 Å². The van der Waals surface area contributed by atoms with Gasteiger partial charge in [-0.05, 0) is 52.2 Å². The predicted octanol–water partition coefficient (Wildman–Crippen LogP) is 2.20. The number of ether oxygens (including phenoxy) is 2. The minimum Gasteiger partial charge on any atom is -0.491 e. The molecule has 0 bridgehead atoms. The molecule has 0 spiro atoms. The lowest BCUT2D eigenvalue weighted by Crippen LogP contribution is -2.42. The van der Waals surface area contributed by atoms with E-state index in [1.807, 2.05) is 39.0 Å². The molecule has 0 aliphatic heterocycles. The number of H-pyrrole nitrogens is 1. The zero-order chi connectivity index (χ0) is 20.6. The molecule has 2 rings (SSSR count). The minimum atomic E-state index is -0.720. The van der Waals surface area contributed by atoms with E-state index in [4.69, 9.17) is 14.6 Å². The molecule has 0 saturated heterocycles. The Balaban J connectivity index is 2.01. The summed E-state index contributed by atoms with van der Waals surface area (Å²) in [7, 11) is 0. The molecule has 0 aliphatic rings. The number of para-hydroxylation sites is 1. The van der Waals surface area contributed by atoms with Crippen LogP contribution in [0, 0.1) is 0 Å². The van der Waals surface area contributed by atoms with Crippen molar-refractivity contribution in [3.05, 3.63) is 34.6 Å². The van der Waals surface area contributed by atoms with Crippen molar-refractivity contribution in [3.63, 3.8) is 0 Å². The summed E-state index contributed by atoms with van der Waals surface area (Å²) in [5.74, 6) is 0.780. The highest BCUT2D eigenvalue weighted by Gasteiger charge is 2.14. The van der Waals surface area contributed by atoms with Gasteiger partial charge in [-0.3, -0.25) is 4.79 Å². The van der Waals surface area contributed by atoms with E-state index in [1.165, 1.54) is 0 Å². The number of aliphatic hydroxyl groups is 2. The number of aromatic nitrogens is 1. The van der Waals surface area contributed by atoms with Crippen LogP contribution in [-0.2, 0) is 0 Å². The Morgan fingerprint density at radius 3 is 2.64 bits per heavy atom. The van der Waals surface area contributed by atoms with Gasteiger partial charge in [0.2, 0.25) is 0 Å². The maximum Gasteiger partial charge on any atom is 0.290 e. The zero-order valence-electron chi connectivity index (χ0n) is 17.0. The van der Waals surface area contributed by atoms with Gasteiger partial charge in [0, 0.05) is 24.1 Å². The van der Waals surface area contributed by atoms with Gasteiger partial charge in [0.1, 0.15) is 18.5 Å². The molecule has 1 heterocycles. The SMILES string of the molecule is CC(C)(C)NCC(O)COc1cc2cccc(OCCCCCO)c2[nH]c1=O. The van der Waals surface area contributed by atoms with Gasteiger partial charge in [0.05, 0.1) is 12.1 Å². The zero-order valence-corrected chi connectivity index (χ0v) is 17.0. The largest absolute Gasteiger partial charge is 0.491 e. The Bertz CT molecular complexity index is 797. The van der Waals surface area contributed by atoms with Crippen LogP contribution in [0.4, 0.5) is 0 Å². The lowest BCUT2D eigenvalue weighted by Gasteiger charge is -2.22. The average Bonchev–Trinajstić information content (AvgIpc) is 2.64. The fourth-order valence-electron chi connectivity index (χ4n) is 2.65. The van der Waals surface area contributed by atoms with Gasteiger partial charge >= 0.3 is 0 Å². The molecule has 1 atom stereocenters. The average molecular weight is 392 g/mol. The quantitative estimate of drug-likeness (QED) is 0.437. The van der Waals surface area contributed by atoms with Gasteiger partial charge in [-0.25, -0.2) is 0 Å². The summed E-state index contributed by atoms with van der Waals surface area (Å²) in [5, 5.41) is 22.8. The second-order valence-corrected chi connectivity index (χ2v) is 7.91. The second-order valence-electron chi connectivity index (χ2n) is 7.91. The summed E-state index contributed by atoms with van der Waals surface area (Å²) in [4.78, 5) is 15.2. The van der Waals surface area contributed by atoms with Gasteiger partial charge in [-0.2, -0.15) is 0 Å². The molecule has 0 fully saturated rings. The van der Waals surface area contributed by atoms with Crippen LogP contribution < -0.4 is 20.3 Å². The molecule has 7 heteroatoms. The summed E-state index contributed by atoms with van der Waals surface area (Å²) in [5.41, 5.74) is 0.160. The van der Waals surface area contributed by atoms with Crippen molar-refractivity contribution in [2.45, 2.75) is 51.7 Å². The number of hydrogen-bond acceptors (Lipinski definition) is 6. The van der Waals surface area contributed by atoms with Crippen LogP contribution >= 0.6 is 0 Å². The number of aromatic amines is 1. The second kappa shape index (κ2) is 10.5. The monoisotopic (exact) mass is 392 g/mol. The molecule has 2 aromatic rings. The van der Waals surface area contributed by atoms with Crippen LogP contribution in [-0.4, -0.2) is 53.2 Å². The molecule has 1 unspecified atom stereocenters. The normalized spacial score (nSPS) is 12.9. The lowest BCUT2D eigenvalue weighted by atomic mass is 10.1.